The molecule has 28 heavy (non-hydrogen) atoms. The van der Waals surface area contributed by atoms with Crippen LogP contribution in [0.15, 0.2) is 23.0 Å². The highest BCUT2D eigenvalue weighted by Gasteiger charge is 2.30. The lowest BCUT2D eigenvalue weighted by molar-refractivity contribution is -0.137. The highest BCUT2D eigenvalue weighted by Crippen LogP contribution is 2.38. The lowest BCUT2D eigenvalue weighted by atomic mass is 9.99. The van der Waals surface area contributed by atoms with Gasteiger partial charge in [-0.25, -0.2) is 9.67 Å². The molecule has 0 saturated heterocycles. The molecule has 0 atom stereocenters. The molecule has 4 rings (SSSR count). The molecule has 144 valence electrons. The Hall–Kier alpha value is -1.62. The number of halogens is 5. The Morgan fingerprint density at radius 3 is 2.54 bits per heavy atom. The summed E-state index contributed by atoms with van der Waals surface area (Å²) < 4.78 is 41.2. The van der Waals surface area contributed by atoms with E-state index in [0.717, 1.165) is 23.5 Å². The number of hydrogen-bond donors (Lipinski definition) is 0. The summed E-state index contributed by atoms with van der Waals surface area (Å²) in [6.45, 7) is 0.0340. The van der Waals surface area contributed by atoms with E-state index in [0.29, 0.717) is 36.8 Å². The second-order valence-corrected chi connectivity index (χ2v) is 9.29. The van der Waals surface area contributed by atoms with Crippen LogP contribution >= 0.6 is 45.9 Å². The van der Waals surface area contributed by atoms with Crippen LogP contribution in [0.4, 0.5) is 13.2 Å². The van der Waals surface area contributed by atoms with E-state index in [1.54, 1.807) is 0 Å². The van der Waals surface area contributed by atoms with E-state index in [4.69, 9.17) is 23.2 Å². The Morgan fingerprint density at radius 2 is 1.86 bits per heavy atom. The molecule has 0 aliphatic heterocycles. The largest absolute Gasteiger partial charge is 0.416 e. The van der Waals surface area contributed by atoms with E-state index < -0.39 is 17.3 Å². The zero-order valence-electron chi connectivity index (χ0n) is 14.1. The summed E-state index contributed by atoms with van der Waals surface area (Å²) in [4.78, 5) is 17.1. The summed E-state index contributed by atoms with van der Waals surface area (Å²) >= 11 is 14.7. The van der Waals surface area contributed by atoms with E-state index in [1.165, 1.54) is 22.1 Å². The number of thiazole rings is 1. The minimum atomic E-state index is -4.44. The first-order chi connectivity index (χ1) is 13.2. The Bertz CT molecular complexity index is 1280. The molecule has 0 radical (unpaired) electrons. The predicted octanol–water partition coefficient (Wildman–Crippen LogP) is 4.57. The molecular formula is C16H9BCl2F3N3OS2. The Balaban J connectivity index is 1.81. The fourth-order valence-corrected chi connectivity index (χ4v) is 5.56. The SMILES string of the molecule is BCc1nn(Cc2nc3cc(C(F)(F)F)ccc3s2)c(=O)c2c(Cl)sc(Cl)c12. The van der Waals surface area contributed by atoms with Gasteiger partial charge in [0.1, 0.15) is 21.5 Å². The molecule has 3 heterocycles. The van der Waals surface area contributed by atoms with Gasteiger partial charge in [0.25, 0.3) is 5.56 Å². The maximum atomic E-state index is 12.9. The smallest absolute Gasteiger partial charge is 0.267 e. The topological polar surface area (TPSA) is 47.8 Å². The minimum Gasteiger partial charge on any atom is -0.267 e. The molecule has 0 aliphatic carbocycles. The van der Waals surface area contributed by atoms with Crippen molar-refractivity contribution in [1.29, 1.82) is 0 Å². The number of fused-ring (bicyclic) bond motifs is 2. The van der Waals surface area contributed by atoms with Crippen molar-refractivity contribution in [3.63, 3.8) is 0 Å². The highest BCUT2D eigenvalue weighted by molar-refractivity contribution is 7.22. The van der Waals surface area contributed by atoms with Crippen molar-refractivity contribution in [3.05, 3.63) is 53.5 Å². The molecule has 0 saturated carbocycles. The number of nitrogens with zero attached hydrogens (tertiary/aromatic N) is 3. The molecule has 0 fully saturated rings. The van der Waals surface area contributed by atoms with Gasteiger partial charge in [0.2, 0.25) is 0 Å². The second-order valence-electron chi connectivity index (χ2n) is 5.95. The van der Waals surface area contributed by atoms with Crippen LogP contribution in [0.5, 0.6) is 0 Å². The number of rotatable bonds is 3. The summed E-state index contributed by atoms with van der Waals surface area (Å²) in [5, 5.41) is 5.71. The number of alkyl halides is 3. The summed E-state index contributed by atoms with van der Waals surface area (Å²) in [5.41, 5.74) is -0.309. The highest BCUT2D eigenvalue weighted by atomic mass is 35.5. The van der Waals surface area contributed by atoms with Gasteiger partial charge in [0.15, 0.2) is 0 Å². The molecule has 0 spiro atoms. The van der Waals surface area contributed by atoms with E-state index in [9.17, 15) is 18.0 Å². The standard InChI is InChI=1S/C16H9BCl2F3N3OS2/c17-4-8-11-12(14(19)28-13(11)18)15(26)25(24-8)5-10-23-7-3-6(16(20,21)22)1-2-9(7)27-10/h1-3H,4-5,17H2. The van der Waals surface area contributed by atoms with Crippen molar-refractivity contribution >= 4 is 74.7 Å². The number of hydrogen-bond acceptors (Lipinski definition) is 5. The maximum absolute atomic E-state index is 12.9. The second kappa shape index (κ2) is 7.02. The summed E-state index contributed by atoms with van der Waals surface area (Å²) in [7, 11) is 1.88. The van der Waals surface area contributed by atoms with Crippen molar-refractivity contribution in [1.82, 2.24) is 14.8 Å². The van der Waals surface area contributed by atoms with Crippen LogP contribution in [0.3, 0.4) is 0 Å². The lowest BCUT2D eigenvalue weighted by Crippen LogP contribution is -2.25. The quantitative estimate of drug-likeness (QED) is 0.420. The fraction of sp³-hybridized carbons (Fsp3) is 0.188. The Morgan fingerprint density at radius 1 is 1.14 bits per heavy atom. The van der Waals surface area contributed by atoms with E-state index >= 15 is 0 Å². The summed E-state index contributed by atoms with van der Waals surface area (Å²) in [6, 6.07) is 3.40. The molecule has 0 N–H and O–H groups in total. The van der Waals surface area contributed by atoms with Gasteiger partial charge in [-0.2, -0.15) is 18.3 Å². The van der Waals surface area contributed by atoms with Crippen LogP contribution in [0.25, 0.3) is 21.0 Å². The van der Waals surface area contributed by atoms with Crippen LogP contribution in [0.1, 0.15) is 16.3 Å². The molecule has 0 unspecified atom stereocenters. The molecule has 4 nitrogen and oxygen atoms in total. The molecule has 0 amide bonds. The van der Waals surface area contributed by atoms with Crippen molar-refractivity contribution in [2.45, 2.75) is 19.0 Å². The van der Waals surface area contributed by atoms with Crippen molar-refractivity contribution in [2.75, 3.05) is 0 Å². The van der Waals surface area contributed by atoms with Crippen LogP contribution in [0, 0.1) is 0 Å². The Kier molecular flexibility index (Phi) is 4.93. The maximum Gasteiger partial charge on any atom is 0.416 e. The molecule has 3 aromatic heterocycles. The van der Waals surface area contributed by atoms with Crippen LogP contribution < -0.4 is 5.56 Å². The zero-order chi connectivity index (χ0) is 20.2. The lowest BCUT2D eigenvalue weighted by Gasteiger charge is -2.07. The van der Waals surface area contributed by atoms with Gasteiger partial charge in [-0.1, -0.05) is 23.2 Å². The van der Waals surface area contributed by atoms with Crippen LogP contribution in [0.2, 0.25) is 8.67 Å². The monoisotopic (exact) mass is 461 g/mol. The third kappa shape index (κ3) is 3.32. The third-order valence-electron chi connectivity index (χ3n) is 4.18. The summed E-state index contributed by atoms with van der Waals surface area (Å²) in [5.74, 6) is 0. The average Bonchev–Trinajstić information content (AvgIpc) is 3.16. The van der Waals surface area contributed by atoms with Gasteiger partial charge in [-0.05, 0) is 24.5 Å². The van der Waals surface area contributed by atoms with Crippen LogP contribution in [-0.2, 0) is 19.0 Å². The molecule has 12 heteroatoms. The van der Waals surface area contributed by atoms with Gasteiger partial charge < -0.3 is 0 Å². The van der Waals surface area contributed by atoms with Gasteiger partial charge in [-0.15, -0.1) is 22.7 Å². The normalized spacial score (nSPS) is 12.3. The van der Waals surface area contributed by atoms with Gasteiger partial charge in [0, 0.05) is 5.39 Å². The average molecular weight is 462 g/mol. The minimum absolute atomic E-state index is 0.0340. The number of benzene rings is 1. The van der Waals surface area contributed by atoms with E-state index in [2.05, 4.69) is 10.1 Å². The van der Waals surface area contributed by atoms with Gasteiger partial charge in [-0.3, -0.25) is 4.79 Å². The molecule has 0 aliphatic rings. The summed E-state index contributed by atoms with van der Waals surface area (Å²) in [6.07, 6.45) is -3.90. The fourth-order valence-electron chi connectivity index (χ4n) is 2.90. The molecule has 0 bridgehead atoms. The number of thiophene rings is 1. The first kappa shape index (κ1) is 19.7. The van der Waals surface area contributed by atoms with Crippen molar-refractivity contribution in [2.24, 2.45) is 0 Å². The molecular weight excluding hydrogens is 453 g/mol. The van der Waals surface area contributed by atoms with Crippen molar-refractivity contribution < 1.29 is 13.2 Å². The predicted molar refractivity (Wildman–Crippen MR) is 110 cm³/mol. The number of aromatic nitrogens is 3. The third-order valence-corrected chi connectivity index (χ3v) is 6.81. The molecule has 4 aromatic rings. The molecule has 1 aromatic carbocycles. The first-order valence-electron chi connectivity index (χ1n) is 8.03. The van der Waals surface area contributed by atoms with Gasteiger partial charge in [0.05, 0.1) is 33.4 Å². The first-order valence-corrected chi connectivity index (χ1v) is 10.4. The van der Waals surface area contributed by atoms with E-state index in [-0.39, 0.29) is 16.4 Å². The Labute approximate surface area is 174 Å². The van der Waals surface area contributed by atoms with Crippen molar-refractivity contribution in [3.8, 4) is 0 Å². The zero-order valence-corrected chi connectivity index (χ0v) is 17.2. The van der Waals surface area contributed by atoms with Crippen LogP contribution in [-0.4, -0.2) is 22.6 Å². The van der Waals surface area contributed by atoms with Gasteiger partial charge >= 0.3 is 6.18 Å². The van der Waals surface area contributed by atoms with E-state index in [1.807, 2.05) is 7.85 Å².